The maximum Gasteiger partial charge on any atom is 0.262 e. The van der Waals surface area contributed by atoms with Crippen molar-refractivity contribution in [3.05, 3.63) is 34.2 Å². The highest BCUT2D eigenvalue weighted by Crippen LogP contribution is 2.40. The number of methoxy groups -OCH3 is 1. The van der Waals surface area contributed by atoms with E-state index in [0.29, 0.717) is 18.1 Å². The SMILES string of the molecule is COc1ccc(S(=O)(=O)Nc2sc3c(c2C(N)=O)CC[C@H](C)C3)cc1NC(C)=O. The average molecular weight is 438 g/mol. The molecule has 1 aromatic heterocycles. The number of anilines is 2. The van der Waals surface area contributed by atoms with Crippen molar-refractivity contribution in [2.45, 2.75) is 38.0 Å². The number of ether oxygens (including phenoxy) is 1. The topological polar surface area (TPSA) is 128 Å². The molecule has 2 aromatic rings. The molecule has 0 aliphatic heterocycles. The first kappa shape index (κ1) is 21.1. The minimum Gasteiger partial charge on any atom is -0.495 e. The highest BCUT2D eigenvalue weighted by atomic mass is 32.2. The zero-order valence-electron chi connectivity index (χ0n) is 16.4. The summed E-state index contributed by atoms with van der Waals surface area (Å²) in [7, 11) is -2.60. The molecule has 0 saturated carbocycles. The average Bonchev–Trinajstić information content (AvgIpc) is 2.97. The molecule has 0 unspecified atom stereocenters. The first-order chi connectivity index (χ1) is 13.6. The van der Waals surface area contributed by atoms with Crippen LogP contribution in [0, 0.1) is 5.92 Å². The Hall–Kier alpha value is -2.59. The third kappa shape index (κ3) is 4.38. The van der Waals surface area contributed by atoms with E-state index in [1.165, 1.54) is 43.6 Å². The maximum atomic E-state index is 13.0. The largest absolute Gasteiger partial charge is 0.495 e. The molecule has 1 aliphatic rings. The Balaban J connectivity index is 2.00. The number of fused-ring (bicyclic) bond motifs is 1. The van der Waals surface area contributed by atoms with E-state index >= 15 is 0 Å². The van der Waals surface area contributed by atoms with Crippen LogP contribution >= 0.6 is 11.3 Å². The van der Waals surface area contributed by atoms with Gasteiger partial charge in [-0.15, -0.1) is 11.3 Å². The molecule has 1 heterocycles. The standard InChI is InChI=1S/C19H23N3O5S2/c1-10-4-6-13-16(8-10)28-19(17(13)18(20)24)22-29(25,26)12-5-7-15(27-3)14(9-12)21-11(2)23/h5,7,9-10,22H,4,6,8H2,1-3H3,(H2,20,24)(H,21,23)/t10-/m0/s1. The number of sulfonamides is 1. The van der Waals surface area contributed by atoms with Crippen molar-refractivity contribution in [2.75, 3.05) is 17.1 Å². The van der Waals surface area contributed by atoms with Crippen molar-refractivity contribution in [3.8, 4) is 5.75 Å². The summed E-state index contributed by atoms with van der Waals surface area (Å²) < 4.78 is 33.6. The van der Waals surface area contributed by atoms with Gasteiger partial charge >= 0.3 is 0 Å². The minimum absolute atomic E-state index is 0.0720. The van der Waals surface area contributed by atoms with E-state index in [2.05, 4.69) is 17.0 Å². The zero-order valence-corrected chi connectivity index (χ0v) is 18.0. The van der Waals surface area contributed by atoms with Gasteiger partial charge in [0.05, 0.1) is 23.3 Å². The van der Waals surface area contributed by atoms with Gasteiger partial charge in [0.15, 0.2) is 0 Å². The molecule has 29 heavy (non-hydrogen) atoms. The number of hydrogen-bond donors (Lipinski definition) is 3. The van der Waals surface area contributed by atoms with E-state index < -0.39 is 15.9 Å². The summed E-state index contributed by atoms with van der Waals surface area (Å²) in [5.41, 5.74) is 6.88. The Kier molecular flexibility index (Phi) is 5.85. The van der Waals surface area contributed by atoms with Crippen molar-refractivity contribution >= 4 is 43.9 Å². The lowest BCUT2D eigenvalue weighted by atomic mass is 9.88. The van der Waals surface area contributed by atoms with E-state index in [1.807, 2.05) is 0 Å². The van der Waals surface area contributed by atoms with Gasteiger partial charge in [-0.05, 0) is 48.9 Å². The minimum atomic E-state index is -4.02. The smallest absolute Gasteiger partial charge is 0.262 e. The van der Waals surface area contributed by atoms with Gasteiger partial charge in [-0.3, -0.25) is 14.3 Å². The van der Waals surface area contributed by atoms with Crippen LogP contribution in [-0.2, 0) is 27.7 Å². The molecule has 0 spiro atoms. The molecule has 0 bridgehead atoms. The molecule has 1 aliphatic carbocycles. The molecule has 1 atom stereocenters. The van der Waals surface area contributed by atoms with Crippen LogP contribution in [0.4, 0.5) is 10.7 Å². The summed E-state index contributed by atoms with van der Waals surface area (Å²) in [6, 6.07) is 4.13. The fraction of sp³-hybridized carbons (Fsp3) is 0.368. The third-order valence-electron chi connectivity index (χ3n) is 4.78. The Labute approximate surface area is 173 Å². The zero-order chi connectivity index (χ0) is 21.3. The number of nitrogens with one attached hydrogen (secondary N) is 2. The van der Waals surface area contributed by atoms with E-state index in [9.17, 15) is 18.0 Å². The highest BCUT2D eigenvalue weighted by Gasteiger charge is 2.29. The molecular formula is C19H23N3O5S2. The monoisotopic (exact) mass is 437 g/mol. The second-order valence-corrected chi connectivity index (χ2v) is 9.86. The fourth-order valence-electron chi connectivity index (χ4n) is 3.41. The molecule has 4 N–H and O–H groups in total. The van der Waals surface area contributed by atoms with Crippen molar-refractivity contribution in [1.29, 1.82) is 0 Å². The van der Waals surface area contributed by atoms with Crippen LogP contribution in [0.2, 0.25) is 0 Å². The van der Waals surface area contributed by atoms with Gasteiger partial charge in [0.25, 0.3) is 15.9 Å². The number of nitrogens with two attached hydrogens (primary N) is 1. The summed E-state index contributed by atoms with van der Waals surface area (Å²) in [6.45, 7) is 3.44. The van der Waals surface area contributed by atoms with Crippen molar-refractivity contribution in [2.24, 2.45) is 11.7 Å². The number of hydrogen-bond acceptors (Lipinski definition) is 6. The van der Waals surface area contributed by atoms with Crippen LogP contribution in [0.5, 0.6) is 5.75 Å². The third-order valence-corrected chi connectivity index (χ3v) is 7.42. The Morgan fingerprint density at radius 2 is 2.03 bits per heavy atom. The van der Waals surface area contributed by atoms with Gasteiger partial charge in [-0.2, -0.15) is 0 Å². The number of rotatable bonds is 6. The van der Waals surface area contributed by atoms with Crippen LogP contribution in [0.15, 0.2) is 23.1 Å². The Morgan fingerprint density at radius 1 is 1.31 bits per heavy atom. The second kappa shape index (κ2) is 8.03. The molecule has 3 rings (SSSR count). The summed E-state index contributed by atoms with van der Waals surface area (Å²) >= 11 is 1.25. The molecule has 0 radical (unpaired) electrons. The van der Waals surface area contributed by atoms with Crippen molar-refractivity contribution < 1.29 is 22.7 Å². The molecule has 156 valence electrons. The van der Waals surface area contributed by atoms with Crippen LogP contribution < -0.4 is 20.5 Å². The van der Waals surface area contributed by atoms with E-state index in [-0.39, 0.29) is 27.1 Å². The summed E-state index contributed by atoms with van der Waals surface area (Å²) in [6.07, 6.45) is 2.41. The molecule has 0 saturated heterocycles. The predicted octanol–water partition coefficient (Wildman–Crippen LogP) is 2.74. The second-order valence-electron chi connectivity index (χ2n) is 7.07. The van der Waals surface area contributed by atoms with Gasteiger partial charge < -0.3 is 15.8 Å². The van der Waals surface area contributed by atoms with Gasteiger partial charge in [0.2, 0.25) is 5.91 Å². The van der Waals surface area contributed by atoms with Gasteiger partial charge in [0, 0.05) is 11.8 Å². The van der Waals surface area contributed by atoms with E-state index in [4.69, 9.17) is 10.5 Å². The Bertz CT molecular complexity index is 1080. The van der Waals surface area contributed by atoms with E-state index in [0.717, 1.165) is 23.3 Å². The van der Waals surface area contributed by atoms with Gasteiger partial charge in [-0.25, -0.2) is 8.42 Å². The summed E-state index contributed by atoms with van der Waals surface area (Å²) in [5.74, 6) is -0.212. The summed E-state index contributed by atoms with van der Waals surface area (Å²) in [4.78, 5) is 24.4. The van der Waals surface area contributed by atoms with Gasteiger partial charge in [0.1, 0.15) is 10.8 Å². The quantitative estimate of drug-likeness (QED) is 0.640. The number of thiophene rings is 1. The predicted molar refractivity (Wildman–Crippen MR) is 112 cm³/mol. The van der Waals surface area contributed by atoms with Crippen molar-refractivity contribution in [1.82, 2.24) is 0 Å². The molecular weight excluding hydrogens is 414 g/mol. The van der Waals surface area contributed by atoms with Gasteiger partial charge in [-0.1, -0.05) is 6.92 Å². The molecule has 0 fully saturated rings. The van der Waals surface area contributed by atoms with Crippen LogP contribution in [0.3, 0.4) is 0 Å². The maximum absolute atomic E-state index is 13.0. The number of amides is 2. The molecule has 2 amide bonds. The van der Waals surface area contributed by atoms with Crippen LogP contribution in [-0.4, -0.2) is 27.3 Å². The Morgan fingerprint density at radius 3 is 2.66 bits per heavy atom. The first-order valence-electron chi connectivity index (χ1n) is 9.05. The number of primary amides is 1. The molecule has 10 heteroatoms. The lowest BCUT2D eigenvalue weighted by Gasteiger charge is -2.18. The van der Waals surface area contributed by atoms with Crippen LogP contribution in [0.1, 0.15) is 41.1 Å². The normalized spacial score (nSPS) is 16.0. The molecule has 1 aromatic carbocycles. The highest BCUT2D eigenvalue weighted by molar-refractivity contribution is 7.93. The fourth-order valence-corrected chi connectivity index (χ4v) is 6.15. The number of benzene rings is 1. The number of carbonyl (C=O) groups excluding carboxylic acids is 2. The molecule has 8 nitrogen and oxygen atoms in total. The van der Waals surface area contributed by atoms with Crippen LogP contribution in [0.25, 0.3) is 0 Å². The lowest BCUT2D eigenvalue weighted by molar-refractivity contribution is -0.114. The van der Waals surface area contributed by atoms with E-state index in [1.54, 1.807) is 0 Å². The lowest BCUT2D eigenvalue weighted by Crippen LogP contribution is -2.19. The van der Waals surface area contributed by atoms with Crippen molar-refractivity contribution in [3.63, 3.8) is 0 Å². The number of carbonyl (C=O) groups is 2. The first-order valence-corrected chi connectivity index (χ1v) is 11.3. The summed E-state index contributed by atoms with van der Waals surface area (Å²) in [5, 5.41) is 2.78.